The second kappa shape index (κ2) is 10.1. The number of rotatable bonds is 10. The molecule has 6 nitrogen and oxygen atoms in total. The third-order valence-electron chi connectivity index (χ3n) is 3.46. The standard InChI is InChI=1S/C19H20FNO5/c20-15-6-8-16(9-7-15)26-17(19(23)24)12-21-18(22)13-25-11-10-14-4-2-1-3-5-14/h1-9,17H,10-13H2,(H,21,22)(H,23,24). The van der Waals surface area contributed by atoms with Crippen LogP contribution in [-0.4, -0.2) is 42.8 Å². The van der Waals surface area contributed by atoms with Gasteiger partial charge in [-0.2, -0.15) is 0 Å². The van der Waals surface area contributed by atoms with Gasteiger partial charge in [0.2, 0.25) is 12.0 Å². The monoisotopic (exact) mass is 361 g/mol. The lowest BCUT2D eigenvalue weighted by molar-refractivity contribution is -0.145. The van der Waals surface area contributed by atoms with Crippen molar-refractivity contribution in [3.05, 3.63) is 66.0 Å². The Labute approximate surface area is 150 Å². The van der Waals surface area contributed by atoms with E-state index >= 15 is 0 Å². The first-order valence-electron chi connectivity index (χ1n) is 8.08. The van der Waals surface area contributed by atoms with E-state index in [0.717, 1.165) is 17.7 Å². The predicted molar refractivity (Wildman–Crippen MR) is 92.4 cm³/mol. The number of nitrogens with one attached hydrogen (secondary N) is 1. The maximum absolute atomic E-state index is 12.8. The van der Waals surface area contributed by atoms with E-state index in [2.05, 4.69) is 5.32 Å². The lowest BCUT2D eigenvalue weighted by atomic mass is 10.2. The summed E-state index contributed by atoms with van der Waals surface area (Å²) in [6, 6.07) is 14.7. The van der Waals surface area contributed by atoms with E-state index in [4.69, 9.17) is 14.6 Å². The first-order valence-corrected chi connectivity index (χ1v) is 8.08. The first-order chi connectivity index (χ1) is 12.5. The van der Waals surface area contributed by atoms with Gasteiger partial charge in [-0.3, -0.25) is 4.79 Å². The summed E-state index contributed by atoms with van der Waals surface area (Å²) in [5.41, 5.74) is 1.10. The SMILES string of the molecule is O=C(COCCc1ccccc1)NCC(Oc1ccc(F)cc1)C(=O)O. The van der Waals surface area contributed by atoms with E-state index in [9.17, 15) is 14.0 Å². The largest absolute Gasteiger partial charge is 0.478 e. The van der Waals surface area contributed by atoms with Crippen molar-refractivity contribution < 1.29 is 28.6 Å². The molecule has 1 unspecified atom stereocenters. The van der Waals surface area contributed by atoms with Crippen LogP contribution in [0.2, 0.25) is 0 Å². The molecule has 2 rings (SSSR count). The number of benzene rings is 2. The molecule has 2 aromatic carbocycles. The van der Waals surface area contributed by atoms with Crippen molar-refractivity contribution in [3.63, 3.8) is 0 Å². The lowest BCUT2D eigenvalue weighted by Crippen LogP contribution is -2.41. The lowest BCUT2D eigenvalue weighted by Gasteiger charge is -2.16. The molecule has 0 saturated carbocycles. The number of carboxylic acids is 1. The first kappa shape index (κ1) is 19.4. The molecule has 2 N–H and O–H groups in total. The van der Waals surface area contributed by atoms with Crippen molar-refractivity contribution in [3.8, 4) is 5.75 Å². The van der Waals surface area contributed by atoms with Crippen molar-refractivity contribution in [1.82, 2.24) is 5.32 Å². The number of carbonyl (C=O) groups excluding carboxylic acids is 1. The zero-order valence-corrected chi connectivity index (χ0v) is 14.1. The number of hydrogen-bond donors (Lipinski definition) is 2. The topological polar surface area (TPSA) is 84.9 Å². The zero-order chi connectivity index (χ0) is 18.8. The quantitative estimate of drug-likeness (QED) is 0.633. The molecule has 0 fully saturated rings. The van der Waals surface area contributed by atoms with E-state index in [-0.39, 0.29) is 18.9 Å². The van der Waals surface area contributed by atoms with Crippen molar-refractivity contribution in [1.29, 1.82) is 0 Å². The molecule has 1 amide bonds. The van der Waals surface area contributed by atoms with Crippen LogP contribution in [0.5, 0.6) is 5.75 Å². The summed E-state index contributed by atoms with van der Waals surface area (Å²) < 4.78 is 23.4. The van der Waals surface area contributed by atoms with E-state index in [1.54, 1.807) is 0 Å². The molecule has 0 radical (unpaired) electrons. The molecule has 0 bridgehead atoms. The third kappa shape index (κ3) is 6.90. The molecule has 0 spiro atoms. The fourth-order valence-corrected chi connectivity index (χ4v) is 2.11. The molecular formula is C19H20FNO5. The normalized spacial score (nSPS) is 11.6. The van der Waals surface area contributed by atoms with Crippen LogP contribution in [0.25, 0.3) is 0 Å². The van der Waals surface area contributed by atoms with Gasteiger partial charge in [0, 0.05) is 0 Å². The maximum Gasteiger partial charge on any atom is 0.346 e. The number of carboxylic acid groups (broad SMARTS) is 1. The minimum atomic E-state index is -1.28. The average molecular weight is 361 g/mol. The number of ether oxygens (including phenoxy) is 2. The zero-order valence-electron chi connectivity index (χ0n) is 14.1. The van der Waals surface area contributed by atoms with Crippen LogP contribution in [0.3, 0.4) is 0 Å². The van der Waals surface area contributed by atoms with Crippen LogP contribution in [0.15, 0.2) is 54.6 Å². The summed E-state index contributed by atoms with van der Waals surface area (Å²) in [5.74, 6) is -1.93. The van der Waals surface area contributed by atoms with Gasteiger partial charge >= 0.3 is 5.97 Å². The van der Waals surface area contributed by atoms with Gasteiger partial charge in [-0.1, -0.05) is 30.3 Å². The van der Waals surface area contributed by atoms with E-state index in [1.807, 2.05) is 30.3 Å². The fourth-order valence-electron chi connectivity index (χ4n) is 2.11. The summed E-state index contributed by atoms with van der Waals surface area (Å²) in [6.45, 7) is -0.0187. The Balaban J connectivity index is 1.69. The number of amides is 1. The Hall–Kier alpha value is -2.93. The molecule has 0 aromatic heterocycles. The molecular weight excluding hydrogens is 341 g/mol. The summed E-state index contributed by atoms with van der Waals surface area (Å²) in [4.78, 5) is 23.0. The highest BCUT2D eigenvalue weighted by Gasteiger charge is 2.20. The van der Waals surface area contributed by atoms with Crippen LogP contribution in [0, 0.1) is 5.82 Å². The number of halogens is 1. The third-order valence-corrected chi connectivity index (χ3v) is 3.46. The number of aliphatic carboxylic acids is 1. The highest BCUT2D eigenvalue weighted by molar-refractivity contribution is 5.79. The van der Waals surface area contributed by atoms with Crippen molar-refractivity contribution in [2.24, 2.45) is 0 Å². The number of hydrogen-bond acceptors (Lipinski definition) is 4. The summed E-state index contributed by atoms with van der Waals surface area (Å²) in [7, 11) is 0. The molecule has 0 heterocycles. The second-order valence-electron chi connectivity index (χ2n) is 5.49. The Bertz CT molecular complexity index is 706. The van der Waals surface area contributed by atoms with Gasteiger partial charge in [-0.25, -0.2) is 9.18 Å². The minimum absolute atomic E-state index is 0.171. The van der Waals surface area contributed by atoms with Crippen LogP contribution >= 0.6 is 0 Å². The Morgan fingerprint density at radius 2 is 1.77 bits per heavy atom. The maximum atomic E-state index is 12.8. The van der Waals surface area contributed by atoms with Crippen LogP contribution < -0.4 is 10.1 Å². The van der Waals surface area contributed by atoms with Gasteiger partial charge in [-0.05, 0) is 36.2 Å². The number of carbonyl (C=O) groups is 2. The molecule has 0 aliphatic carbocycles. The Morgan fingerprint density at radius 3 is 2.42 bits per heavy atom. The van der Waals surface area contributed by atoms with Gasteiger partial charge in [0.05, 0.1) is 13.2 Å². The Morgan fingerprint density at radius 1 is 1.08 bits per heavy atom. The fraction of sp³-hybridized carbons (Fsp3) is 0.263. The second-order valence-corrected chi connectivity index (χ2v) is 5.49. The van der Waals surface area contributed by atoms with Crippen LogP contribution in [0.4, 0.5) is 4.39 Å². The van der Waals surface area contributed by atoms with Crippen LogP contribution in [-0.2, 0) is 20.7 Å². The van der Waals surface area contributed by atoms with Gasteiger partial charge in [0.25, 0.3) is 0 Å². The molecule has 138 valence electrons. The smallest absolute Gasteiger partial charge is 0.346 e. The molecule has 2 aromatic rings. The van der Waals surface area contributed by atoms with E-state index in [1.165, 1.54) is 12.1 Å². The summed E-state index contributed by atoms with van der Waals surface area (Å²) in [6.07, 6.45) is -0.603. The van der Waals surface area contributed by atoms with E-state index < -0.39 is 23.8 Å². The van der Waals surface area contributed by atoms with Crippen LogP contribution in [0.1, 0.15) is 5.56 Å². The van der Waals surface area contributed by atoms with Crippen molar-refractivity contribution in [2.75, 3.05) is 19.8 Å². The molecule has 26 heavy (non-hydrogen) atoms. The predicted octanol–water partition coefficient (Wildman–Crippen LogP) is 2.03. The van der Waals surface area contributed by atoms with Crippen molar-refractivity contribution >= 4 is 11.9 Å². The molecule has 0 saturated heterocycles. The van der Waals surface area contributed by atoms with Crippen molar-refractivity contribution in [2.45, 2.75) is 12.5 Å². The molecule has 0 aliphatic rings. The minimum Gasteiger partial charge on any atom is -0.478 e. The highest BCUT2D eigenvalue weighted by Crippen LogP contribution is 2.13. The molecule has 7 heteroatoms. The molecule has 1 atom stereocenters. The van der Waals surface area contributed by atoms with Gasteiger partial charge in [0.1, 0.15) is 18.2 Å². The highest BCUT2D eigenvalue weighted by atomic mass is 19.1. The van der Waals surface area contributed by atoms with Gasteiger partial charge < -0.3 is 19.9 Å². The molecule has 0 aliphatic heterocycles. The summed E-state index contributed by atoms with van der Waals surface area (Å²) in [5, 5.41) is 11.6. The average Bonchev–Trinajstić information content (AvgIpc) is 2.64. The van der Waals surface area contributed by atoms with Gasteiger partial charge in [-0.15, -0.1) is 0 Å². The van der Waals surface area contributed by atoms with Gasteiger partial charge in [0.15, 0.2) is 0 Å². The Kier molecular flexibility index (Phi) is 7.57. The van der Waals surface area contributed by atoms with E-state index in [0.29, 0.717) is 13.0 Å². The summed E-state index contributed by atoms with van der Waals surface area (Å²) >= 11 is 0.